The van der Waals surface area contributed by atoms with Gasteiger partial charge in [-0.25, -0.2) is 0 Å². The van der Waals surface area contributed by atoms with E-state index in [1.54, 1.807) is 30.3 Å². The maximum absolute atomic E-state index is 12.3. The second kappa shape index (κ2) is 8.73. The quantitative estimate of drug-likeness (QED) is 0.257. The summed E-state index contributed by atoms with van der Waals surface area (Å²) in [5, 5.41) is 0.549. The van der Waals surface area contributed by atoms with Crippen molar-refractivity contribution in [1.82, 2.24) is 0 Å². The van der Waals surface area contributed by atoms with Gasteiger partial charge in [-0.05, 0) is 72.3 Å². The maximum atomic E-state index is 12.3. The van der Waals surface area contributed by atoms with Gasteiger partial charge in [0.25, 0.3) is 0 Å². The molecule has 0 spiro atoms. The van der Waals surface area contributed by atoms with Crippen LogP contribution in [0.2, 0.25) is 5.02 Å². The van der Waals surface area contributed by atoms with E-state index in [1.807, 2.05) is 12.1 Å². The van der Waals surface area contributed by atoms with Gasteiger partial charge in [0.1, 0.15) is 10.6 Å². The molecule has 0 saturated heterocycles. The smallest absolute Gasteiger partial charge is 0.339 e. The van der Waals surface area contributed by atoms with Crippen LogP contribution in [0.25, 0.3) is 6.08 Å². The Labute approximate surface area is 176 Å². The van der Waals surface area contributed by atoms with E-state index >= 15 is 0 Å². The highest BCUT2D eigenvalue weighted by molar-refractivity contribution is 9.10. The van der Waals surface area contributed by atoms with E-state index < -0.39 is 10.1 Å². The summed E-state index contributed by atoms with van der Waals surface area (Å²) in [6, 6.07) is 19.2. The topological polar surface area (TPSA) is 60.4 Å². The van der Waals surface area contributed by atoms with Crippen LogP contribution in [0.1, 0.15) is 15.9 Å². The Kier molecular flexibility index (Phi) is 6.34. The van der Waals surface area contributed by atoms with Crippen molar-refractivity contribution in [1.29, 1.82) is 0 Å². The molecule has 0 saturated carbocycles. The first-order chi connectivity index (χ1) is 13.3. The van der Waals surface area contributed by atoms with Crippen LogP contribution in [-0.4, -0.2) is 14.2 Å². The number of hydrogen-bond donors (Lipinski definition) is 0. The fraction of sp³-hybridized carbons (Fsp3) is 0. The van der Waals surface area contributed by atoms with Gasteiger partial charge in [-0.2, -0.15) is 8.42 Å². The summed E-state index contributed by atoms with van der Waals surface area (Å²) >= 11 is 9.31. The molecule has 0 radical (unpaired) electrons. The number of carbonyl (C=O) groups is 1. The van der Waals surface area contributed by atoms with Crippen LogP contribution >= 0.6 is 27.5 Å². The molecule has 3 aromatic carbocycles. The summed E-state index contributed by atoms with van der Waals surface area (Å²) in [4.78, 5) is 12.3. The van der Waals surface area contributed by atoms with Crippen LogP contribution in [0.4, 0.5) is 0 Å². The zero-order valence-corrected chi connectivity index (χ0v) is 17.5. The lowest BCUT2D eigenvalue weighted by Crippen LogP contribution is -2.09. The lowest BCUT2D eigenvalue weighted by Gasteiger charge is -2.07. The van der Waals surface area contributed by atoms with Crippen LogP contribution in [0.3, 0.4) is 0 Å². The second-order valence-electron chi connectivity index (χ2n) is 5.73. The summed E-state index contributed by atoms with van der Waals surface area (Å²) in [6.07, 6.45) is 3.04. The van der Waals surface area contributed by atoms with Gasteiger partial charge in [0.15, 0.2) is 5.78 Å². The molecule has 0 bridgehead atoms. The summed E-state index contributed by atoms with van der Waals surface area (Å²) in [5.41, 5.74) is 1.13. The van der Waals surface area contributed by atoms with Crippen molar-refractivity contribution in [2.24, 2.45) is 0 Å². The van der Waals surface area contributed by atoms with Crippen LogP contribution in [-0.2, 0) is 10.1 Å². The summed E-state index contributed by atoms with van der Waals surface area (Å²) in [7, 11) is -3.95. The Hall–Kier alpha value is -2.41. The molecule has 7 heteroatoms. The third-order valence-corrected chi connectivity index (χ3v) is 5.90. The lowest BCUT2D eigenvalue weighted by atomic mass is 10.1. The zero-order valence-electron chi connectivity index (χ0n) is 14.4. The molecule has 0 aliphatic rings. The van der Waals surface area contributed by atoms with Crippen LogP contribution in [0.15, 0.2) is 88.2 Å². The van der Waals surface area contributed by atoms with Gasteiger partial charge in [0.05, 0.1) is 0 Å². The van der Waals surface area contributed by atoms with E-state index in [9.17, 15) is 13.2 Å². The molecule has 142 valence electrons. The standard InChI is InChI=1S/C21H14BrClO4S/c22-17-8-12-19(13-9-17)28(25,26)27-18-10-5-16(6-11-18)21(24)14-7-15-3-1-2-4-20(15)23/h1-14H/b14-7+. The van der Waals surface area contributed by atoms with Crippen molar-refractivity contribution >= 4 is 49.5 Å². The van der Waals surface area contributed by atoms with Crippen molar-refractivity contribution in [3.05, 3.63) is 99.5 Å². The normalized spacial score (nSPS) is 11.5. The highest BCUT2D eigenvalue weighted by Crippen LogP contribution is 2.22. The van der Waals surface area contributed by atoms with Crippen molar-refractivity contribution in [2.45, 2.75) is 4.90 Å². The third kappa shape index (κ3) is 5.10. The predicted octanol–water partition coefficient (Wildman–Crippen LogP) is 5.77. The summed E-state index contributed by atoms with van der Waals surface area (Å²) < 4.78 is 30.5. The first-order valence-electron chi connectivity index (χ1n) is 8.12. The number of rotatable bonds is 6. The van der Waals surface area contributed by atoms with Crippen LogP contribution < -0.4 is 4.18 Å². The number of carbonyl (C=O) groups excluding carboxylic acids is 1. The van der Waals surface area contributed by atoms with Crippen molar-refractivity contribution < 1.29 is 17.4 Å². The van der Waals surface area contributed by atoms with Gasteiger partial charge < -0.3 is 4.18 Å². The molecule has 0 amide bonds. The van der Waals surface area contributed by atoms with E-state index in [4.69, 9.17) is 15.8 Å². The van der Waals surface area contributed by atoms with Crippen molar-refractivity contribution in [3.8, 4) is 5.75 Å². The Balaban J connectivity index is 1.72. The molecule has 4 nitrogen and oxygen atoms in total. The highest BCUT2D eigenvalue weighted by atomic mass is 79.9. The van der Waals surface area contributed by atoms with Gasteiger partial charge in [-0.3, -0.25) is 4.79 Å². The molecule has 0 atom stereocenters. The molecule has 3 aromatic rings. The Morgan fingerprint density at radius 2 is 1.57 bits per heavy atom. The molecule has 0 unspecified atom stereocenters. The predicted molar refractivity (Wildman–Crippen MR) is 113 cm³/mol. The Bertz CT molecular complexity index is 1120. The van der Waals surface area contributed by atoms with E-state index in [-0.39, 0.29) is 16.4 Å². The fourth-order valence-corrected chi connectivity index (χ4v) is 3.72. The maximum Gasteiger partial charge on any atom is 0.339 e. The molecule has 0 aromatic heterocycles. The lowest BCUT2D eigenvalue weighted by molar-refractivity contribution is 0.104. The second-order valence-corrected chi connectivity index (χ2v) is 8.60. The largest absolute Gasteiger partial charge is 0.379 e. The van der Waals surface area contributed by atoms with Gasteiger partial charge in [0.2, 0.25) is 0 Å². The van der Waals surface area contributed by atoms with Gasteiger partial charge in [-0.1, -0.05) is 45.7 Å². The third-order valence-electron chi connectivity index (χ3n) is 3.77. The first kappa shape index (κ1) is 20.3. The minimum absolute atomic E-state index is 0.0403. The Morgan fingerprint density at radius 1 is 0.929 bits per heavy atom. The first-order valence-corrected chi connectivity index (χ1v) is 10.7. The molecular formula is C21H14BrClO4S. The van der Waals surface area contributed by atoms with Gasteiger partial charge in [0, 0.05) is 15.1 Å². The average Bonchev–Trinajstić information content (AvgIpc) is 2.68. The summed E-state index contributed by atoms with van der Waals surface area (Å²) in [5.74, 6) is -0.114. The van der Waals surface area contributed by atoms with Gasteiger partial charge in [-0.15, -0.1) is 0 Å². The molecule has 28 heavy (non-hydrogen) atoms. The minimum Gasteiger partial charge on any atom is -0.379 e. The number of allylic oxidation sites excluding steroid dienone is 1. The van der Waals surface area contributed by atoms with Crippen LogP contribution in [0, 0.1) is 0 Å². The monoisotopic (exact) mass is 476 g/mol. The molecule has 0 N–H and O–H groups in total. The molecule has 0 fully saturated rings. The molecule has 0 heterocycles. The van der Waals surface area contributed by atoms with E-state index in [2.05, 4.69) is 15.9 Å². The van der Waals surface area contributed by atoms with E-state index in [1.165, 1.54) is 42.5 Å². The highest BCUT2D eigenvalue weighted by Gasteiger charge is 2.16. The summed E-state index contributed by atoms with van der Waals surface area (Å²) in [6.45, 7) is 0. The number of benzene rings is 3. The SMILES string of the molecule is O=C(/C=C/c1ccccc1Cl)c1ccc(OS(=O)(=O)c2ccc(Br)cc2)cc1. The van der Waals surface area contributed by atoms with Crippen molar-refractivity contribution in [2.75, 3.05) is 0 Å². The number of hydrogen-bond acceptors (Lipinski definition) is 4. The minimum atomic E-state index is -3.95. The molecule has 0 aliphatic carbocycles. The van der Waals surface area contributed by atoms with Crippen LogP contribution in [0.5, 0.6) is 5.75 Å². The Morgan fingerprint density at radius 3 is 2.21 bits per heavy atom. The molecular weight excluding hydrogens is 464 g/mol. The van der Waals surface area contributed by atoms with Crippen molar-refractivity contribution in [3.63, 3.8) is 0 Å². The number of ketones is 1. The molecule has 3 rings (SSSR count). The molecule has 0 aliphatic heterocycles. The van der Waals surface area contributed by atoms with Gasteiger partial charge >= 0.3 is 10.1 Å². The van der Waals surface area contributed by atoms with E-state index in [0.717, 1.165) is 10.0 Å². The average molecular weight is 478 g/mol. The zero-order chi connectivity index (χ0) is 20.1. The van der Waals surface area contributed by atoms with E-state index in [0.29, 0.717) is 10.6 Å². The number of halogens is 2. The fourth-order valence-electron chi connectivity index (χ4n) is 2.32.